The Morgan fingerprint density at radius 2 is 1.82 bits per heavy atom. The number of methoxy groups -OCH3 is 1. The molecule has 0 bridgehead atoms. The van der Waals surface area contributed by atoms with Gasteiger partial charge in [-0.05, 0) is 35.7 Å². The Labute approximate surface area is 192 Å². The molecule has 1 heterocycles. The number of amides is 1. The summed E-state index contributed by atoms with van der Waals surface area (Å²) in [6, 6.07) is 12.4. The number of aryl methyl sites for hydroxylation is 1. The van der Waals surface area contributed by atoms with Gasteiger partial charge in [0.25, 0.3) is 0 Å². The maximum absolute atomic E-state index is 12.0. The van der Waals surface area contributed by atoms with Gasteiger partial charge in [0.2, 0.25) is 5.91 Å². The van der Waals surface area contributed by atoms with Crippen LogP contribution >= 0.6 is 0 Å². The summed E-state index contributed by atoms with van der Waals surface area (Å²) in [4.78, 5) is 30.9. The molecule has 0 saturated carbocycles. The van der Waals surface area contributed by atoms with Crippen molar-refractivity contribution in [2.75, 3.05) is 39.9 Å². The van der Waals surface area contributed by atoms with Gasteiger partial charge in [0.15, 0.2) is 0 Å². The summed E-state index contributed by atoms with van der Waals surface area (Å²) in [6.07, 6.45) is -0.795. The topological polar surface area (TPSA) is 117 Å². The van der Waals surface area contributed by atoms with Crippen molar-refractivity contribution in [1.29, 1.82) is 0 Å². The molecular weight excluding hydrogens is 426 g/mol. The average molecular weight is 453 g/mol. The number of piperazine rings is 1. The molecule has 2 aromatic rings. The average Bonchev–Trinajstić information content (AvgIpc) is 2.81. The van der Waals surface area contributed by atoms with Gasteiger partial charge in [-0.1, -0.05) is 41.0 Å². The van der Waals surface area contributed by atoms with Gasteiger partial charge >= 0.3 is 6.16 Å². The third-order valence-corrected chi connectivity index (χ3v) is 5.26. The number of azide groups is 1. The molecule has 0 unspecified atom stereocenters. The van der Waals surface area contributed by atoms with Crippen LogP contribution in [0.15, 0.2) is 47.6 Å². The summed E-state index contributed by atoms with van der Waals surface area (Å²) < 4.78 is 15.3. The van der Waals surface area contributed by atoms with Crippen molar-refractivity contribution < 1.29 is 23.8 Å². The molecule has 0 N–H and O–H groups in total. The third-order valence-electron chi connectivity index (χ3n) is 5.26. The fraction of sp³-hybridized carbons (Fsp3) is 0.391. The normalized spacial score (nSPS) is 13.8. The smallest absolute Gasteiger partial charge is 0.429 e. The highest BCUT2D eigenvalue weighted by atomic mass is 16.7. The number of benzene rings is 2. The molecule has 0 aromatic heterocycles. The van der Waals surface area contributed by atoms with Crippen molar-refractivity contribution in [2.45, 2.75) is 20.1 Å². The van der Waals surface area contributed by atoms with Crippen LogP contribution in [0.25, 0.3) is 10.4 Å². The van der Waals surface area contributed by atoms with E-state index in [1.807, 2.05) is 25.1 Å². The summed E-state index contributed by atoms with van der Waals surface area (Å²) in [5, 5.41) is 3.78. The Morgan fingerprint density at radius 1 is 1.09 bits per heavy atom. The first kappa shape index (κ1) is 24.1. The second-order valence-corrected chi connectivity index (χ2v) is 7.70. The predicted molar refractivity (Wildman–Crippen MR) is 121 cm³/mol. The first-order valence-corrected chi connectivity index (χ1v) is 10.6. The molecule has 0 spiro atoms. The maximum atomic E-state index is 12.0. The van der Waals surface area contributed by atoms with Crippen LogP contribution in [0.4, 0.5) is 10.5 Å². The zero-order valence-electron chi connectivity index (χ0n) is 18.8. The molecule has 1 amide bonds. The van der Waals surface area contributed by atoms with E-state index in [1.165, 1.54) is 7.11 Å². The predicted octanol–water partition coefficient (Wildman–Crippen LogP) is 3.94. The molecule has 0 radical (unpaired) electrons. The molecule has 1 fully saturated rings. The van der Waals surface area contributed by atoms with Gasteiger partial charge in [-0.3, -0.25) is 9.69 Å². The summed E-state index contributed by atoms with van der Waals surface area (Å²) in [6.45, 7) is 5.18. The highest BCUT2D eigenvalue weighted by Crippen LogP contribution is 2.24. The van der Waals surface area contributed by atoms with E-state index < -0.39 is 6.16 Å². The molecule has 10 heteroatoms. The Kier molecular flexibility index (Phi) is 8.65. The maximum Gasteiger partial charge on any atom is 0.514 e. The van der Waals surface area contributed by atoms with Gasteiger partial charge in [0.1, 0.15) is 19.0 Å². The Bertz CT molecular complexity index is 1010. The van der Waals surface area contributed by atoms with Crippen LogP contribution in [0.2, 0.25) is 0 Å². The van der Waals surface area contributed by atoms with Crippen molar-refractivity contribution in [3.05, 3.63) is 69.6 Å². The number of carbonyl (C=O) groups is 2. The highest BCUT2D eigenvalue weighted by molar-refractivity contribution is 5.77. The standard InChI is InChI=1S/C23H27N5O5/c1-17-3-6-20(7-4-17)33-23(30)32-15-18-5-8-21(25-26-24)19(13-18)14-27-9-11-28(12-10-27)22(29)16-31-2/h3-8,13H,9-12,14-16H2,1-2H3. The number of hydrogen-bond donors (Lipinski definition) is 0. The van der Waals surface area contributed by atoms with Gasteiger partial charge in [-0.25, -0.2) is 4.79 Å². The molecule has 0 aliphatic carbocycles. The highest BCUT2D eigenvalue weighted by Gasteiger charge is 2.21. The lowest BCUT2D eigenvalue weighted by Gasteiger charge is -2.34. The summed E-state index contributed by atoms with van der Waals surface area (Å²) in [5.74, 6) is 0.386. The Morgan fingerprint density at radius 3 is 2.48 bits per heavy atom. The van der Waals surface area contributed by atoms with E-state index in [4.69, 9.17) is 19.7 Å². The van der Waals surface area contributed by atoms with Gasteiger partial charge in [-0.15, -0.1) is 0 Å². The first-order valence-electron chi connectivity index (χ1n) is 10.6. The lowest BCUT2D eigenvalue weighted by atomic mass is 10.1. The van der Waals surface area contributed by atoms with Crippen LogP contribution in [-0.4, -0.2) is 61.8 Å². The summed E-state index contributed by atoms with van der Waals surface area (Å²) in [5.41, 5.74) is 12.0. The molecule has 174 valence electrons. The zero-order chi connectivity index (χ0) is 23.6. The van der Waals surface area contributed by atoms with Gasteiger partial charge in [0, 0.05) is 50.4 Å². The van der Waals surface area contributed by atoms with Crippen LogP contribution in [0.3, 0.4) is 0 Å². The van der Waals surface area contributed by atoms with Crippen LogP contribution in [0, 0.1) is 6.92 Å². The second-order valence-electron chi connectivity index (χ2n) is 7.70. The van der Waals surface area contributed by atoms with Gasteiger partial charge in [0.05, 0.1) is 0 Å². The lowest BCUT2D eigenvalue weighted by molar-refractivity contribution is -0.136. The van der Waals surface area contributed by atoms with E-state index in [2.05, 4.69) is 14.9 Å². The molecule has 1 aliphatic rings. The molecule has 1 saturated heterocycles. The van der Waals surface area contributed by atoms with Crippen molar-refractivity contribution in [1.82, 2.24) is 9.80 Å². The molecule has 3 rings (SSSR count). The monoisotopic (exact) mass is 453 g/mol. The van der Waals surface area contributed by atoms with Gasteiger partial charge < -0.3 is 19.1 Å². The van der Waals surface area contributed by atoms with Crippen molar-refractivity contribution >= 4 is 17.7 Å². The molecule has 2 aromatic carbocycles. The zero-order valence-corrected chi connectivity index (χ0v) is 18.8. The van der Waals surface area contributed by atoms with Crippen molar-refractivity contribution in [3.63, 3.8) is 0 Å². The van der Waals surface area contributed by atoms with E-state index in [-0.39, 0.29) is 19.1 Å². The molecule has 10 nitrogen and oxygen atoms in total. The summed E-state index contributed by atoms with van der Waals surface area (Å²) in [7, 11) is 1.50. The van der Waals surface area contributed by atoms with Gasteiger partial charge in [-0.2, -0.15) is 0 Å². The quantitative estimate of drug-likeness (QED) is 0.196. The number of carbonyl (C=O) groups excluding carboxylic acids is 2. The lowest BCUT2D eigenvalue weighted by Crippen LogP contribution is -2.49. The fourth-order valence-corrected chi connectivity index (χ4v) is 3.49. The molecule has 1 aliphatic heterocycles. The van der Waals surface area contributed by atoms with E-state index in [1.54, 1.807) is 29.2 Å². The number of ether oxygens (including phenoxy) is 3. The fourth-order valence-electron chi connectivity index (χ4n) is 3.49. The van der Waals surface area contributed by atoms with Crippen LogP contribution in [0.5, 0.6) is 5.75 Å². The Hall–Kier alpha value is -3.59. The second kappa shape index (κ2) is 11.9. The minimum absolute atomic E-state index is 0.0214. The van der Waals surface area contributed by atoms with E-state index in [0.29, 0.717) is 44.2 Å². The van der Waals surface area contributed by atoms with E-state index in [9.17, 15) is 9.59 Å². The molecule has 33 heavy (non-hydrogen) atoms. The van der Waals surface area contributed by atoms with Crippen LogP contribution in [-0.2, 0) is 27.4 Å². The van der Waals surface area contributed by atoms with E-state index in [0.717, 1.165) is 16.7 Å². The van der Waals surface area contributed by atoms with E-state index >= 15 is 0 Å². The first-order chi connectivity index (χ1) is 16.0. The minimum atomic E-state index is -0.795. The SMILES string of the molecule is COCC(=O)N1CCN(Cc2cc(COC(=O)Oc3ccc(C)cc3)ccc2N=[N+]=[N-])CC1. The minimum Gasteiger partial charge on any atom is -0.429 e. The molecule has 0 atom stereocenters. The largest absolute Gasteiger partial charge is 0.514 e. The molecular formula is C23H27N5O5. The van der Waals surface area contributed by atoms with Crippen molar-refractivity contribution in [3.8, 4) is 5.75 Å². The number of rotatable bonds is 8. The van der Waals surface area contributed by atoms with Crippen molar-refractivity contribution in [2.24, 2.45) is 5.11 Å². The summed E-state index contributed by atoms with van der Waals surface area (Å²) >= 11 is 0. The van der Waals surface area contributed by atoms with Crippen LogP contribution in [0.1, 0.15) is 16.7 Å². The number of hydrogen-bond acceptors (Lipinski definition) is 7. The third kappa shape index (κ3) is 7.21. The van der Waals surface area contributed by atoms with Crippen LogP contribution < -0.4 is 4.74 Å². The Balaban J connectivity index is 1.59. The number of nitrogens with zero attached hydrogens (tertiary/aromatic N) is 5.